The number of hydrogen-bond donors (Lipinski definition) is 2. The number of carbonyl (C=O) groups is 1. The van der Waals surface area contributed by atoms with E-state index in [1.807, 2.05) is 20.9 Å². The molecule has 2 N–H and O–H groups in total. The van der Waals surface area contributed by atoms with Gasteiger partial charge in [0.1, 0.15) is 4.88 Å². The molecule has 0 unspecified atom stereocenters. The molecule has 0 fully saturated rings. The Morgan fingerprint density at radius 1 is 1.44 bits per heavy atom. The number of hydrogen-bond acceptors (Lipinski definition) is 5. The van der Waals surface area contributed by atoms with Crippen LogP contribution < -0.4 is 10.6 Å². The molecule has 5 nitrogen and oxygen atoms in total. The minimum absolute atomic E-state index is 0.0604. The van der Waals surface area contributed by atoms with Gasteiger partial charge >= 0.3 is 0 Å². The van der Waals surface area contributed by atoms with E-state index in [-0.39, 0.29) is 11.8 Å². The molecule has 0 saturated carbocycles. The van der Waals surface area contributed by atoms with Crippen LogP contribution in [0.2, 0.25) is 0 Å². The van der Waals surface area contributed by atoms with Gasteiger partial charge in [0, 0.05) is 6.54 Å². The van der Waals surface area contributed by atoms with Crippen molar-refractivity contribution in [3.8, 4) is 0 Å². The minimum Gasteiger partial charge on any atom is -0.351 e. The Morgan fingerprint density at radius 2 is 2.19 bits per heavy atom. The summed E-state index contributed by atoms with van der Waals surface area (Å²) in [5.41, 5.74) is 0.788. The summed E-state index contributed by atoms with van der Waals surface area (Å²) in [5.74, 6) is 0.173. The van der Waals surface area contributed by atoms with Crippen LogP contribution in [0.25, 0.3) is 0 Å². The van der Waals surface area contributed by atoms with Crippen molar-refractivity contribution >= 4 is 17.4 Å². The third-order valence-corrected chi connectivity index (χ3v) is 2.90. The van der Waals surface area contributed by atoms with E-state index < -0.39 is 0 Å². The molecule has 1 aromatic rings. The Balaban J connectivity index is 2.49. The summed E-state index contributed by atoms with van der Waals surface area (Å²) in [6, 6.07) is 0. The summed E-state index contributed by atoms with van der Waals surface area (Å²) in [5, 5.41) is 9.88. The smallest absolute Gasteiger partial charge is 0.264 e. The first-order valence-electron chi connectivity index (χ1n) is 5.41. The molecule has 0 radical (unpaired) electrons. The zero-order valence-corrected chi connectivity index (χ0v) is 10.7. The number of nitrogens with zero attached hydrogens (tertiary/aromatic N) is 2. The molecule has 1 aromatic heterocycles. The van der Waals surface area contributed by atoms with Crippen molar-refractivity contribution in [3.05, 3.63) is 10.6 Å². The van der Waals surface area contributed by atoms with Gasteiger partial charge in [0.05, 0.1) is 5.69 Å². The van der Waals surface area contributed by atoms with Crippen molar-refractivity contribution in [1.82, 2.24) is 20.2 Å². The van der Waals surface area contributed by atoms with Crippen LogP contribution in [-0.4, -0.2) is 35.6 Å². The summed E-state index contributed by atoms with van der Waals surface area (Å²) in [7, 11) is 1.89. The maximum Gasteiger partial charge on any atom is 0.264 e. The van der Waals surface area contributed by atoms with E-state index in [9.17, 15) is 4.79 Å². The molecule has 0 atom stereocenters. The molecule has 90 valence electrons. The zero-order valence-electron chi connectivity index (χ0n) is 9.91. The van der Waals surface area contributed by atoms with E-state index in [1.54, 1.807) is 0 Å². The molecule has 0 bridgehead atoms. The van der Waals surface area contributed by atoms with Crippen LogP contribution in [-0.2, 0) is 0 Å². The Hall–Kier alpha value is -1.01. The van der Waals surface area contributed by atoms with Crippen molar-refractivity contribution in [2.75, 3.05) is 20.1 Å². The highest BCUT2D eigenvalue weighted by atomic mass is 32.1. The number of carbonyl (C=O) groups excluding carboxylic acids is 1. The average molecular weight is 242 g/mol. The number of amides is 1. The van der Waals surface area contributed by atoms with E-state index >= 15 is 0 Å². The second kappa shape index (κ2) is 6.55. The summed E-state index contributed by atoms with van der Waals surface area (Å²) in [6.07, 6.45) is 0.922. The molecule has 0 aliphatic heterocycles. The first-order valence-corrected chi connectivity index (χ1v) is 6.19. The van der Waals surface area contributed by atoms with Crippen molar-refractivity contribution in [3.63, 3.8) is 0 Å². The fourth-order valence-electron chi connectivity index (χ4n) is 1.28. The van der Waals surface area contributed by atoms with Crippen LogP contribution in [0.15, 0.2) is 0 Å². The van der Waals surface area contributed by atoms with Gasteiger partial charge in [-0.3, -0.25) is 4.79 Å². The highest BCUT2D eigenvalue weighted by Gasteiger charge is 2.17. The van der Waals surface area contributed by atoms with E-state index in [0.717, 1.165) is 30.2 Å². The van der Waals surface area contributed by atoms with E-state index in [0.29, 0.717) is 11.4 Å². The Labute approximate surface area is 99.8 Å². The van der Waals surface area contributed by atoms with E-state index in [2.05, 4.69) is 20.2 Å². The van der Waals surface area contributed by atoms with Gasteiger partial charge in [0.25, 0.3) is 5.91 Å². The van der Waals surface area contributed by atoms with Gasteiger partial charge in [-0.1, -0.05) is 18.3 Å². The first kappa shape index (κ1) is 13.1. The third-order valence-electron chi connectivity index (χ3n) is 2.16. The van der Waals surface area contributed by atoms with Crippen LogP contribution >= 0.6 is 11.5 Å². The van der Waals surface area contributed by atoms with Gasteiger partial charge in [-0.2, -0.15) is 0 Å². The van der Waals surface area contributed by atoms with Crippen LogP contribution in [0.4, 0.5) is 0 Å². The Bertz CT molecular complexity index is 337. The lowest BCUT2D eigenvalue weighted by Gasteiger charge is -2.05. The number of nitrogens with one attached hydrogen (secondary N) is 2. The minimum atomic E-state index is -0.0604. The lowest BCUT2D eigenvalue weighted by atomic mass is 10.1. The fraction of sp³-hybridized carbons (Fsp3) is 0.700. The molecule has 1 heterocycles. The maximum absolute atomic E-state index is 11.8. The molecule has 0 aliphatic carbocycles. The van der Waals surface area contributed by atoms with Gasteiger partial charge in [-0.25, -0.2) is 0 Å². The monoisotopic (exact) mass is 242 g/mol. The van der Waals surface area contributed by atoms with Crippen molar-refractivity contribution in [1.29, 1.82) is 0 Å². The highest BCUT2D eigenvalue weighted by molar-refractivity contribution is 7.08. The molecule has 0 aromatic carbocycles. The number of rotatable bonds is 6. The summed E-state index contributed by atoms with van der Waals surface area (Å²) >= 11 is 1.16. The molecule has 1 rings (SSSR count). The number of aromatic nitrogens is 2. The molecular weight excluding hydrogens is 224 g/mol. The molecule has 0 saturated heterocycles. The van der Waals surface area contributed by atoms with Crippen molar-refractivity contribution in [2.24, 2.45) is 0 Å². The van der Waals surface area contributed by atoms with Crippen LogP contribution in [0.5, 0.6) is 0 Å². The average Bonchev–Trinajstić information content (AvgIpc) is 2.73. The topological polar surface area (TPSA) is 66.9 Å². The van der Waals surface area contributed by atoms with Gasteiger partial charge in [0.2, 0.25) is 0 Å². The van der Waals surface area contributed by atoms with Crippen LogP contribution in [0.3, 0.4) is 0 Å². The second-order valence-electron chi connectivity index (χ2n) is 3.86. The van der Waals surface area contributed by atoms with Crippen LogP contribution in [0.1, 0.15) is 41.6 Å². The predicted molar refractivity (Wildman–Crippen MR) is 64.9 cm³/mol. The largest absolute Gasteiger partial charge is 0.351 e. The third kappa shape index (κ3) is 3.53. The summed E-state index contributed by atoms with van der Waals surface area (Å²) < 4.78 is 3.83. The fourth-order valence-corrected chi connectivity index (χ4v) is 2.02. The quantitative estimate of drug-likeness (QED) is 0.730. The lowest BCUT2D eigenvalue weighted by molar-refractivity contribution is 0.0956. The van der Waals surface area contributed by atoms with Gasteiger partial charge in [0.15, 0.2) is 0 Å². The van der Waals surface area contributed by atoms with Crippen molar-refractivity contribution in [2.45, 2.75) is 26.2 Å². The van der Waals surface area contributed by atoms with Gasteiger partial charge < -0.3 is 10.6 Å². The molecule has 0 spiro atoms. The second-order valence-corrected chi connectivity index (χ2v) is 4.61. The van der Waals surface area contributed by atoms with Gasteiger partial charge in [-0.05, 0) is 37.5 Å². The van der Waals surface area contributed by atoms with E-state index in [4.69, 9.17) is 0 Å². The van der Waals surface area contributed by atoms with Gasteiger partial charge in [-0.15, -0.1) is 5.10 Å². The lowest BCUT2D eigenvalue weighted by Crippen LogP contribution is -2.26. The molecule has 0 aliphatic rings. The highest BCUT2D eigenvalue weighted by Crippen LogP contribution is 2.19. The summed E-state index contributed by atoms with van der Waals surface area (Å²) in [6.45, 7) is 5.59. The molecular formula is C10H18N4OS. The molecule has 16 heavy (non-hydrogen) atoms. The predicted octanol–water partition coefficient (Wildman–Crippen LogP) is 1.00. The molecule has 6 heteroatoms. The Kier molecular flexibility index (Phi) is 5.34. The Morgan fingerprint density at radius 3 is 2.81 bits per heavy atom. The molecule has 1 amide bonds. The normalized spacial score (nSPS) is 10.8. The SMILES string of the molecule is CNCCCNC(=O)c1snnc1C(C)C. The zero-order chi connectivity index (χ0) is 12.0. The summed E-state index contributed by atoms with van der Waals surface area (Å²) in [4.78, 5) is 12.4. The first-order chi connectivity index (χ1) is 7.66. The van der Waals surface area contributed by atoms with Crippen LogP contribution in [0, 0.1) is 0 Å². The van der Waals surface area contributed by atoms with E-state index in [1.165, 1.54) is 0 Å². The maximum atomic E-state index is 11.8. The van der Waals surface area contributed by atoms with Crippen molar-refractivity contribution < 1.29 is 4.79 Å². The standard InChI is InChI=1S/C10H18N4OS/c1-7(2)8-9(16-14-13-8)10(15)12-6-4-5-11-3/h7,11H,4-6H2,1-3H3,(H,12,15).